The average Bonchev–Trinajstić information content (AvgIpc) is 2.24. The number of nitrogens with two attached hydrogens (primary N) is 2. The summed E-state index contributed by atoms with van der Waals surface area (Å²) in [5.74, 6) is 0.221. The lowest BCUT2D eigenvalue weighted by Gasteiger charge is -2.27. The molecular weight excluding hydrogens is 240 g/mol. The standard InChI is InChI=1S/C14H32N4O/c1-12(2)11-18(10-9-17(4)5)8-6-7-14(3,16)13(15)19/h12H,6-11,16H2,1-5H3,(H2,15,19). The summed E-state index contributed by atoms with van der Waals surface area (Å²) in [4.78, 5) is 15.8. The molecule has 1 unspecified atom stereocenters. The van der Waals surface area contributed by atoms with E-state index in [1.807, 2.05) is 0 Å². The number of nitrogens with zero attached hydrogens (tertiary/aromatic N) is 2. The van der Waals surface area contributed by atoms with E-state index in [2.05, 4.69) is 37.7 Å². The summed E-state index contributed by atoms with van der Waals surface area (Å²) in [7, 11) is 4.16. The lowest BCUT2D eigenvalue weighted by atomic mass is 9.96. The monoisotopic (exact) mass is 272 g/mol. The van der Waals surface area contributed by atoms with Gasteiger partial charge in [0.05, 0.1) is 5.54 Å². The SMILES string of the molecule is CC(C)CN(CCCC(C)(N)C(N)=O)CCN(C)C. The highest BCUT2D eigenvalue weighted by Gasteiger charge is 2.25. The van der Waals surface area contributed by atoms with E-state index in [-0.39, 0.29) is 0 Å². The number of carbonyl (C=O) groups excluding carboxylic acids is 1. The van der Waals surface area contributed by atoms with Crippen LogP contribution in [-0.4, -0.2) is 61.5 Å². The van der Waals surface area contributed by atoms with Gasteiger partial charge >= 0.3 is 0 Å². The quantitative estimate of drug-likeness (QED) is 0.607. The Morgan fingerprint density at radius 2 is 1.79 bits per heavy atom. The number of amides is 1. The van der Waals surface area contributed by atoms with Crippen molar-refractivity contribution in [3.63, 3.8) is 0 Å². The maximum absolute atomic E-state index is 11.2. The van der Waals surface area contributed by atoms with Crippen LogP contribution in [0.5, 0.6) is 0 Å². The van der Waals surface area contributed by atoms with Gasteiger partial charge in [0.25, 0.3) is 0 Å². The molecule has 0 saturated heterocycles. The third-order valence-corrected chi connectivity index (χ3v) is 3.22. The summed E-state index contributed by atoms with van der Waals surface area (Å²) in [6.45, 7) is 10.3. The van der Waals surface area contributed by atoms with Crippen LogP contribution in [-0.2, 0) is 4.79 Å². The van der Waals surface area contributed by atoms with E-state index in [0.29, 0.717) is 12.3 Å². The summed E-state index contributed by atoms with van der Waals surface area (Å²) >= 11 is 0. The van der Waals surface area contributed by atoms with Crippen molar-refractivity contribution in [3.05, 3.63) is 0 Å². The van der Waals surface area contributed by atoms with Gasteiger partial charge in [-0.25, -0.2) is 0 Å². The Hall–Kier alpha value is -0.650. The van der Waals surface area contributed by atoms with E-state index in [1.54, 1.807) is 6.92 Å². The van der Waals surface area contributed by atoms with Gasteiger partial charge in [-0.3, -0.25) is 4.79 Å². The Labute approximate surface area is 118 Å². The van der Waals surface area contributed by atoms with Crippen LogP contribution in [0.2, 0.25) is 0 Å². The van der Waals surface area contributed by atoms with E-state index in [0.717, 1.165) is 32.6 Å². The number of primary amides is 1. The van der Waals surface area contributed by atoms with Gasteiger partial charge in [-0.1, -0.05) is 13.8 Å². The third kappa shape index (κ3) is 8.97. The molecule has 5 nitrogen and oxygen atoms in total. The molecule has 114 valence electrons. The maximum Gasteiger partial charge on any atom is 0.237 e. The third-order valence-electron chi connectivity index (χ3n) is 3.22. The molecule has 1 atom stereocenters. The first kappa shape index (κ1) is 18.4. The molecular formula is C14H32N4O. The number of likely N-dealkylation sites (N-methyl/N-ethyl adjacent to an activating group) is 1. The first-order valence-electron chi connectivity index (χ1n) is 7.11. The normalized spacial score (nSPS) is 15.2. The van der Waals surface area contributed by atoms with Crippen molar-refractivity contribution < 1.29 is 4.79 Å². The van der Waals surface area contributed by atoms with Crippen LogP contribution in [0.3, 0.4) is 0 Å². The van der Waals surface area contributed by atoms with Gasteiger partial charge in [-0.15, -0.1) is 0 Å². The zero-order chi connectivity index (χ0) is 15.1. The van der Waals surface area contributed by atoms with Crippen LogP contribution in [0.25, 0.3) is 0 Å². The Balaban J connectivity index is 4.14. The maximum atomic E-state index is 11.2. The van der Waals surface area contributed by atoms with Gasteiger partial charge in [0.2, 0.25) is 5.91 Å². The average molecular weight is 272 g/mol. The predicted molar refractivity (Wildman–Crippen MR) is 80.9 cm³/mol. The van der Waals surface area contributed by atoms with E-state index < -0.39 is 11.4 Å². The second kappa shape index (κ2) is 8.51. The fourth-order valence-electron chi connectivity index (χ4n) is 1.95. The zero-order valence-corrected chi connectivity index (χ0v) is 13.3. The molecule has 0 aromatic heterocycles. The summed E-state index contributed by atoms with van der Waals surface area (Å²) in [5, 5.41) is 0. The topological polar surface area (TPSA) is 75.6 Å². The molecule has 0 aromatic carbocycles. The first-order chi connectivity index (χ1) is 8.65. The molecule has 0 radical (unpaired) electrons. The van der Waals surface area contributed by atoms with Crippen molar-refractivity contribution in [2.45, 2.75) is 39.2 Å². The molecule has 0 aliphatic rings. The zero-order valence-electron chi connectivity index (χ0n) is 13.3. The highest BCUT2D eigenvalue weighted by atomic mass is 16.1. The summed E-state index contributed by atoms with van der Waals surface area (Å²) < 4.78 is 0. The second-order valence-corrected chi connectivity index (χ2v) is 6.38. The Bertz CT molecular complexity index is 264. The van der Waals surface area contributed by atoms with E-state index >= 15 is 0 Å². The van der Waals surface area contributed by atoms with Gasteiger partial charge in [0.1, 0.15) is 0 Å². The van der Waals surface area contributed by atoms with Crippen LogP contribution < -0.4 is 11.5 Å². The van der Waals surface area contributed by atoms with Gasteiger partial charge in [0.15, 0.2) is 0 Å². The van der Waals surface area contributed by atoms with E-state index in [9.17, 15) is 4.79 Å². The van der Waals surface area contributed by atoms with Crippen LogP contribution in [0.1, 0.15) is 33.6 Å². The number of rotatable bonds is 10. The number of hydrogen-bond acceptors (Lipinski definition) is 4. The lowest BCUT2D eigenvalue weighted by Crippen LogP contribution is -2.49. The number of hydrogen-bond donors (Lipinski definition) is 2. The second-order valence-electron chi connectivity index (χ2n) is 6.38. The first-order valence-corrected chi connectivity index (χ1v) is 7.11. The summed E-state index contributed by atoms with van der Waals surface area (Å²) in [6, 6.07) is 0. The highest BCUT2D eigenvalue weighted by molar-refractivity contribution is 5.83. The molecule has 0 fully saturated rings. The van der Waals surface area contributed by atoms with Gasteiger partial charge < -0.3 is 21.3 Å². The van der Waals surface area contributed by atoms with E-state index in [1.165, 1.54) is 0 Å². The fraction of sp³-hybridized carbons (Fsp3) is 0.929. The van der Waals surface area contributed by atoms with Crippen molar-refractivity contribution >= 4 is 5.91 Å². The highest BCUT2D eigenvalue weighted by Crippen LogP contribution is 2.10. The minimum absolute atomic E-state index is 0.420. The van der Waals surface area contributed by atoms with Crippen LogP contribution >= 0.6 is 0 Å². The molecule has 4 N–H and O–H groups in total. The molecule has 1 amide bonds. The molecule has 19 heavy (non-hydrogen) atoms. The Morgan fingerprint density at radius 1 is 1.21 bits per heavy atom. The molecule has 0 bridgehead atoms. The molecule has 0 aliphatic heterocycles. The van der Waals surface area contributed by atoms with Crippen LogP contribution in [0.15, 0.2) is 0 Å². The minimum Gasteiger partial charge on any atom is -0.368 e. The smallest absolute Gasteiger partial charge is 0.237 e. The van der Waals surface area contributed by atoms with Crippen molar-refractivity contribution in [3.8, 4) is 0 Å². The summed E-state index contributed by atoms with van der Waals surface area (Å²) in [6.07, 6.45) is 1.54. The van der Waals surface area contributed by atoms with Crippen LogP contribution in [0.4, 0.5) is 0 Å². The minimum atomic E-state index is -0.884. The largest absolute Gasteiger partial charge is 0.368 e. The van der Waals surface area contributed by atoms with Crippen LogP contribution in [0, 0.1) is 5.92 Å². The van der Waals surface area contributed by atoms with Crippen molar-refractivity contribution in [2.24, 2.45) is 17.4 Å². The van der Waals surface area contributed by atoms with E-state index in [4.69, 9.17) is 11.5 Å². The van der Waals surface area contributed by atoms with Gasteiger partial charge in [-0.2, -0.15) is 0 Å². The Morgan fingerprint density at radius 3 is 2.21 bits per heavy atom. The fourth-order valence-corrected chi connectivity index (χ4v) is 1.95. The predicted octanol–water partition coefficient (Wildman–Crippen LogP) is 0.489. The van der Waals surface area contributed by atoms with Crippen molar-refractivity contribution in [1.29, 1.82) is 0 Å². The molecule has 0 rings (SSSR count). The van der Waals surface area contributed by atoms with Crippen molar-refractivity contribution in [1.82, 2.24) is 9.80 Å². The Kier molecular flexibility index (Phi) is 8.22. The molecule has 0 saturated carbocycles. The van der Waals surface area contributed by atoms with Crippen molar-refractivity contribution in [2.75, 3.05) is 40.3 Å². The summed E-state index contributed by atoms with van der Waals surface area (Å²) in [5.41, 5.74) is 10.3. The number of carbonyl (C=O) groups is 1. The lowest BCUT2D eigenvalue weighted by molar-refractivity contribution is -0.122. The molecule has 5 heteroatoms. The van der Waals surface area contributed by atoms with Gasteiger partial charge in [0, 0.05) is 19.6 Å². The molecule has 0 aromatic rings. The molecule has 0 spiro atoms. The molecule has 0 heterocycles. The molecule has 0 aliphatic carbocycles. The van der Waals surface area contributed by atoms with Gasteiger partial charge in [-0.05, 0) is 46.3 Å².